The number of fused-ring (bicyclic) bond motifs is 1. The number of Topliss-reactive ketones (excluding diaryl/α,β-unsaturated/α-hetero) is 1. The molecule has 0 aliphatic carbocycles. The molecule has 0 saturated carbocycles. The Morgan fingerprint density at radius 3 is 2.56 bits per heavy atom. The van der Waals surface area contributed by atoms with Crippen LogP contribution in [0.3, 0.4) is 0 Å². The molecular formula is C16H13BrN2O5S. The lowest BCUT2D eigenvalue weighted by Crippen LogP contribution is -2.31. The van der Waals surface area contributed by atoms with Gasteiger partial charge in [0, 0.05) is 24.6 Å². The van der Waals surface area contributed by atoms with E-state index in [-0.39, 0.29) is 33.8 Å². The highest BCUT2D eigenvalue weighted by Crippen LogP contribution is 2.33. The molecule has 0 aromatic heterocycles. The molecule has 130 valence electrons. The van der Waals surface area contributed by atoms with Gasteiger partial charge in [0.15, 0.2) is 5.78 Å². The fourth-order valence-electron chi connectivity index (χ4n) is 2.74. The van der Waals surface area contributed by atoms with E-state index >= 15 is 0 Å². The normalized spacial score (nSPS) is 14.8. The van der Waals surface area contributed by atoms with E-state index in [9.17, 15) is 23.3 Å². The van der Waals surface area contributed by atoms with Crippen LogP contribution in [0.25, 0.3) is 0 Å². The van der Waals surface area contributed by atoms with Gasteiger partial charge in [0.1, 0.15) is 0 Å². The molecule has 1 aliphatic rings. The van der Waals surface area contributed by atoms with Crippen molar-refractivity contribution in [3.8, 4) is 0 Å². The maximum absolute atomic E-state index is 13.1. The van der Waals surface area contributed by atoms with Gasteiger partial charge in [0.05, 0.1) is 20.0 Å². The van der Waals surface area contributed by atoms with Gasteiger partial charge in [-0.2, -0.15) is 0 Å². The number of sulfonamides is 1. The van der Waals surface area contributed by atoms with Crippen LogP contribution in [-0.2, 0) is 10.0 Å². The number of carbonyl (C=O) groups is 1. The molecule has 0 spiro atoms. The lowest BCUT2D eigenvalue weighted by Gasteiger charge is -2.24. The van der Waals surface area contributed by atoms with Crippen molar-refractivity contribution in [2.45, 2.75) is 17.7 Å². The fraction of sp³-hybridized carbons (Fsp3) is 0.188. The van der Waals surface area contributed by atoms with Crippen molar-refractivity contribution < 1.29 is 18.1 Å². The van der Waals surface area contributed by atoms with E-state index in [0.29, 0.717) is 17.7 Å². The van der Waals surface area contributed by atoms with Gasteiger partial charge in [-0.1, -0.05) is 12.1 Å². The summed E-state index contributed by atoms with van der Waals surface area (Å²) in [7, 11) is -3.96. The first-order valence-corrected chi connectivity index (χ1v) is 9.64. The van der Waals surface area contributed by atoms with E-state index in [1.807, 2.05) is 0 Å². The van der Waals surface area contributed by atoms with Crippen LogP contribution < -0.4 is 4.31 Å². The molecule has 1 heterocycles. The van der Waals surface area contributed by atoms with Gasteiger partial charge in [-0.25, -0.2) is 8.42 Å². The highest BCUT2D eigenvalue weighted by atomic mass is 79.9. The van der Waals surface area contributed by atoms with E-state index < -0.39 is 14.9 Å². The number of hydrogen-bond donors (Lipinski definition) is 0. The van der Waals surface area contributed by atoms with Crippen molar-refractivity contribution in [3.05, 3.63) is 62.6 Å². The Morgan fingerprint density at radius 2 is 1.88 bits per heavy atom. The lowest BCUT2D eigenvalue weighted by atomic mass is 10.1. The standard InChI is InChI=1S/C16H13BrN2O5S/c17-13-10-11(7-8-15(13)19(21)22)25(23,24)18-9-3-6-16(20)12-4-1-2-5-14(12)18/h1-2,4-5,7-8,10H,3,6,9H2. The van der Waals surface area contributed by atoms with E-state index in [1.54, 1.807) is 24.3 Å². The first-order valence-electron chi connectivity index (χ1n) is 7.41. The van der Waals surface area contributed by atoms with Crippen LogP contribution >= 0.6 is 15.9 Å². The van der Waals surface area contributed by atoms with Gasteiger partial charge in [0.2, 0.25) is 0 Å². The molecule has 1 aliphatic heterocycles. The Labute approximate surface area is 152 Å². The van der Waals surface area contributed by atoms with E-state index in [4.69, 9.17) is 0 Å². The number of nitro benzene ring substituents is 1. The second-order valence-electron chi connectivity index (χ2n) is 5.49. The molecule has 0 bridgehead atoms. The number of ketones is 1. The highest BCUT2D eigenvalue weighted by molar-refractivity contribution is 9.10. The smallest absolute Gasteiger partial charge is 0.283 e. The van der Waals surface area contributed by atoms with Crippen LogP contribution in [0.4, 0.5) is 11.4 Å². The van der Waals surface area contributed by atoms with Crippen LogP contribution in [-0.4, -0.2) is 25.7 Å². The average Bonchev–Trinajstić information content (AvgIpc) is 2.74. The Bertz CT molecular complexity index is 974. The number of halogens is 1. The van der Waals surface area contributed by atoms with E-state index in [2.05, 4.69) is 15.9 Å². The van der Waals surface area contributed by atoms with Crippen molar-refractivity contribution in [2.24, 2.45) is 0 Å². The third-order valence-corrected chi connectivity index (χ3v) is 6.39. The van der Waals surface area contributed by atoms with Crippen LogP contribution in [0.15, 0.2) is 51.8 Å². The minimum atomic E-state index is -3.96. The predicted octanol–water partition coefficient (Wildman–Crippen LogP) is 3.53. The van der Waals surface area contributed by atoms with Gasteiger partial charge in [0.25, 0.3) is 15.7 Å². The Balaban J connectivity index is 2.11. The molecule has 0 saturated heterocycles. The second-order valence-corrected chi connectivity index (χ2v) is 8.21. The number of nitro groups is 1. The zero-order valence-corrected chi connectivity index (χ0v) is 15.3. The number of hydrogen-bond acceptors (Lipinski definition) is 5. The number of rotatable bonds is 3. The molecule has 0 N–H and O–H groups in total. The summed E-state index contributed by atoms with van der Waals surface area (Å²) >= 11 is 3.04. The van der Waals surface area contributed by atoms with Crippen molar-refractivity contribution in [1.82, 2.24) is 0 Å². The second kappa shape index (κ2) is 6.57. The van der Waals surface area contributed by atoms with Crippen molar-refractivity contribution in [3.63, 3.8) is 0 Å². The summed E-state index contributed by atoms with van der Waals surface area (Å²) in [4.78, 5) is 22.4. The fourth-order valence-corrected chi connectivity index (χ4v) is 4.96. The first kappa shape index (κ1) is 17.6. The van der Waals surface area contributed by atoms with Crippen molar-refractivity contribution >= 4 is 43.1 Å². The minimum absolute atomic E-state index is 0.0749. The third kappa shape index (κ3) is 3.16. The molecule has 0 atom stereocenters. The molecule has 0 amide bonds. The zero-order chi connectivity index (χ0) is 18.2. The summed E-state index contributed by atoms with van der Waals surface area (Å²) in [5, 5.41) is 10.9. The Kier molecular flexibility index (Phi) is 4.61. The topological polar surface area (TPSA) is 97.6 Å². The molecule has 0 radical (unpaired) electrons. The van der Waals surface area contributed by atoms with Gasteiger partial charge >= 0.3 is 0 Å². The van der Waals surface area contributed by atoms with Crippen LogP contribution in [0.2, 0.25) is 0 Å². The number of nitrogens with zero attached hydrogens (tertiary/aromatic N) is 2. The molecule has 2 aromatic carbocycles. The van der Waals surface area contributed by atoms with Crippen LogP contribution in [0, 0.1) is 10.1 Å². The highest BCUT2D eigenvalue weighted by Gasteiger charge is 2.31. The summed E-state index contributed by atoms with van der Waals surface area (Å²) in [5.74, 6) is -0.0989. The number of para-hydroxylation sites is 1. The summed E-state index contributed by atoms with van der Waals surface area (Å²) < 4.78 is 27.4. The maximum atomic E-state index is 13.1. The largest absolute Gasteiger partial charge is 0.294 e. The van der Waals surface area contributed by atoms with Crippen LogP contribution in [0.1, 0.15) is 23.2 Å². The van der Waals surface area contributed by atoms with Crippen LogP contribution in [0.5, 0.6) is 0 Å². The van der Waals surface area contributed by atoms with Gasteiger partial charge in [-0.05, 0) is 46.6 Å². The quantitative estimate of drug-likeness (QED) is 0.554. The first-order chi connectivity index (χ1) is 11.8. The average molecular weight is 425 g/mol. The van der Waals surface area contributed by atoms with Gasteiger partial charge in [-0.3, -0.25) is 19.2 Å². The monoisotopic (exact) mass is 424 g/mol. The number of benzene rings is 2. The summed E-state index contributed by atoms with van der Waals surface area (Å²) in [6, 6.07) is 10.1. The molecule has 9 heteroatoms. The SMILES string of the molecule is O=C1CCCN(S(=O)(=O)c2ccc([N+](=O)[O-])c(Br)c2)c2ccccc21. The summed E-state index contributed by atoms with van der Waals surface area (Å²) in [6.45, 7) is 0.166. The zero-order valence-electron chi connectivity index (χ0n) is 12.9. The lowest BCUT2D eigenvalue weighted by molar-refractivity contribution is -0.385. The Hall–Kier alpha value is -2.26. The van der Waals surface area contributed by atoms with E-state index in [1.165, 1.54) is 16.4 Å². The number of anilines is 1. The minimum Gasteiger partial charge on any atom is -0.294 e. The predicted molar refractivity (Wildman–Crippen MR) is 95.3 cm³/mol. The Morgan fingerprint density at radius 1 is 1.16 bits per heavy atom. The number of carbonyl (C=O) groups excluding carboxylic acids is 1. The molecule has 0 fully saturated rings. The molecule has 2 aromatic rings. The summed E-state index contributed by atoms with van der Waals surface area (Å²) in [6.07, 6.45) is 0.674. The molecule has 7 nitrogen and oxygen atoms in total. The third-order valence-electron chi connectivity index (χ3n) is 3.94. The summed E-state index contributed by atoms with van der Waals surface area (Å²) in [5.41, 5.74) is 0.481. The molecule has 25 heavy (non-hydrogen) atoms. The van der Waals surface area contributed by atoms with Gasteiger partial charge < -0.3 is 0 Å². The van der Waals surface area contributed by atoms with Crippen molar-refractivity contribution in [1.29, 1.82) is 0 Å². The van der Waals surface area contributed by atoms with E-state index in [0.717, 1.165) is 6.07 Å². The maximum Gasteiger partial charge on any atom is 0.283 e. The van der Waals surface area contributed by atoms with Gasteiger partial charge in [-0.15, -0.1) is 0 Å². The molecule has 0 unspecified atom stereocenters. The van der Waals surface area contributed by atoms with Crippen molar-refractivity contribution in [2.75, 3.05) is 10.8 Å². The molecular weight excluding hydrogens is 412 g/mol. The molecule has 3 rings (SSSR count).